The molecule has 7 aromatic heterocycles. The molecule has 1 fully saturated rings. The quantitative estimate of drug-likeness (QED) is 0.0919. The molecule has 1 saturated heterocycles. The minimum atomic E-state index is 0. The summed E-state index contributed by atoms with van der Waals surface area (Å²) >= 11 is 0. The van der Waals surface area contributed by atoms with Crippen LogP contribution in [0, 0.1) is 18.8 Å². The number of aryl methyl sites for hydroxylation is 1. The number of rotatable bonds is 16. The van der Waals surface area contributed by atoms with Crippen molar-refractivity contribution in [2.75, 3.05) is 6.54 Å². The summed E-state index contributed by atoms with van der Waals surface area (Å²) in [5.74, 6) is 3.04. The number of H-pyrrole nitrogens is 2. The fourth-order valence-corrected chi connectivity index (χ4v) is 11.7. The van der Waals surface area contributed by atoms with Crippen LogP contribution in [-0.4, -0.2) is 90.6 Å². The predicted molar refractivity (Wildman–Crippen MR) is 425 cm³/mol. The number of likely N-dealkylation sites (tertiary alicyclic amines) is 1. The van der Waals surface area contributed by atoms with Crippen LogP contribution in [0.4, 0.5) is 0 Å². The molecule has 7 aromatic rings. The van der Waals surface area contributed by atoms with E-state index in [4.69, 9.17) is 0 Å². The van der Waals surface area contributed by atoms with Gasteiger partial charge in [0.25, 0.3) is 38.9 Å². The van der Waals surface area contributed by atoms with Crippen LogP contribution in [0.5, 0.6) is 0 Å². The van der Waals surface area contributed by atoms with Crippen LogP contribution in [0.2, 0.25) is 0 Å². The SMILES string of the molecule is CC(C)C1CCCN(C(C)C)C1=O.CC(C)c1c[nH]n(C(C)C)c1=O.CC(C)c1c[nH]n(C(C)C)c1=O.CC(C)c1ccnn(C(C)C)c1=O.CC(C)c1cn(C)n(C(C)C)c1=O.CC(C)c1cncn(C(C)C)c1=O.CC(C)c1nccn(C(C)C)c1=O.Cc1c(C(C)C)c(=O)n(C(C)C)n1C.[W].[W]. The number of nitrogens with zero attached hydrogens (tertiary/aromatic N) is 13. The first-order valence-corrected chi connectivity index (χ1v) is 37.7. The van der Waals surface area contributed by atoms with Gasteiger partial charge in [-0.15, -0.1) is 0 Å². The van der Waals surface area contributed by atoms with Gasteiger partial charge in [0.15, 0.2) is 0 Å². The molecule has 1 aliphatic heterocycles. The molecule has 1 unspecified atom stereocenters. The van der Waals surface area contributed by atoms with Crippen molar-refractivity contribution in [3.63, 3.8) is 0 Å². The molecule has 23 nitrogen and oxygen atoms in total. The van der Waals surface area contributed by atoms with E-state index in [2.05, 4.69) is 66.8 Å². The second-order valence-electron chi connectivity index (χ2n) is 31.8. The molecule has 0 saturated carbocycles. The summed E-state index contributed by atoms with van der Waals surface area (Å²) in [6, 6.07) is 3.55. The van der Waals surface area contributed by atoms with Gasteiger partial charge in [-0.05, 0) is 178 Å². The molecular formula is C80H139N15O8W2. The first-order valence-electron chi connectivity index (χ1n) is 37.7. The first-order chi connectivity index (χ1) is 47.5. The Hall–Kier alpha value is -6.47. The maximum absolute atomic E-state index is 12.0. The average molecular weight is 1810 g/mol. The molecule has 0 spiro atoms. The van der Waals surface area contributed by atoms with Crippen LogP contribution in [-0.2, 0) is 61.0 Å². The summed E-state index contributed by atoms with van der Waals surface area (Å²) in [6.45, 7) is 67.7. The number of carbonyl (C=O) groups excluding carboxylic acids is 1. The van der Waals surface area contributed by atoms with E-state index in [1.54, 1.807) is 72.8 Å². The molecule has 1 aliphatic rings. The number of aromatic amines is 2. The van der Waals surface area contributed by atoms with Crippen LogP contribution in [0.25, 0.3) is 0 Å². The van der Waals surface area contributed by atoms with Crippen molar-refractivity contribution < 1.29 is 46.9 Å². The van der Waals surface area contributed by atoms with Crippen molar-refractivity contribution >= 4 is 5.91 Å². The molecule has 105 heavy (non-hydrogen) atoms. The van der Waals surface area contributed by atoms with Crippen molar-refractivity contribution in [2.45, 2.75) is 331 Å². The normalized spacial score (nSPS) is 12.8. The second-order valence-corrected chi connectivity index (χ2v) is 31.8. The Morgan fingerprint density at radius 1 is 0.438 bits per heavy atom. The summed E-state index contributed by atoms with van der Waals surface area (Å²) in [4.78, 5) is 104. The minimum absolute atomic E-state index is 0. The minimum Gasteiger partial charge on any atom is -0.340 e. The molecular weight excluding hydrogens is 1670 g/mol. The van der Waals surface area contributed by atoms with E-state index in [-0.39, 0.29) is 147 Å². The van der Waals surface area contributed by atoms with Crippen LogP contribution in [0.3, 0.4) is 0 Å². The number of aromatic nitrogens is 14. The predicted octanol–water partition coefficient (Wildman–Crippen LogP) is 16.0. The van der Waals surface area contributed by atoms with Crippen LogP contribution >= 0.6 is 0 Å². The zero-order chi connectivity index (χ0) is 79.8. The number of carbonyl (C=O) groups is 1. The molecule has 594 valence electrons. The average Bonchev–Trinajstić information content (AvgIpc) is 1.76. The fraction of sp³-hybridized carbons (Fsp3) is 0.688. The van der Waals surface area contributed by atoms with E-state index in [0.29, 0.717) is 47.2 Å². The second kappa shape index (κ2) is 46.7. The van der Waals surface area contributed by atoms with Gasteiger partial charge in [-0.3, -0.25) is 66.6 Å². The monoisotopic (exact) mass is 1810 g/mol. The van der Waals surface area contributed by atoms with E-state index in [9.17, 15) is 38.4 Å². The van der Waals surface area contributed by atoms with Crippen molar-refractivity contribution in [1.29, 1.82) is 0 Å². The van der Waals surface area contributed by atoms with Crippen molar-refractivity contribution in [3.8, 4) is 0 Å². The fourth-order valence-electron chi connectivity index (χ4n) is 11.7. The molecule has 0 bridgehead atoms. The standard InChI is InChI=1S/C11H20N2O.C11H21NO.C10H18N2O.3C10H16N2O.2C9H16N2O.2W/c1-7(2)10-9(5)12(6)13(8(3)4)11(10)14;1-8(2)10-6-5-7-12(9(3)4)11(10)13;1-7(2)9-6-11(5)12(8(3)4)10(9)13;1-7(2)9-5-11-6-12(8(3)4)10(9)13;1-7(2)9-10(13)12(8(3)4)6-5-11-9;1-7(2)9-5-6-11-12(8(3)4)10(9)13;2*1-6(2)8-5-10-11(7(3)4)9(8)12;;/h7-8H,1-6H3;8-10H,5-7H2,1-4H3;6-8H,1-5H3;3*5-8H,1-4H3;2*5-7,10H,1-4H3;;. The number of hydrogen-bond acceptors (Lipinski definition) is 11. The summed E-state index contributed by atoms with van der Waals surface area (Å²) in [5, 5.41) is 9.94. The van der Waals surface area contributed by atoms with Gasteiger partial charge >= 0.3 is 0 Å². The molecule has 0 radical (unpaired) electrons. The van der Waals surface area contributed by atoms with E-state index in [0.717, 1.165) is 52.0 Å². The topological polar surface area (TPSA) is 254 Å². The van der Waals surface area contributed by atoms with Gasteiger partial charge < -0.3 is 19.7 Å². The van der Waals surface area contributed by atoms with E-state index < -0.39 is 0 Å². The van der Waals surface area contributed by atoms with Crippen LogP contribution in [0.15, 0.2) is 89.3 Å². The van der Waals surface area contributed by atoms with Gasteiger partial charge in [0, 0.05) is 199 Å². The zero-order valence-electron chi connectivity index (χ0n) is 71.0. The third-order valence-corrected chi connectivity index (χ3v) is 17.9. The van der Waals surface area contributed by atoms with E-state index >= 15 is 0 Å². The molecule has 1 amide bonds. The molecule has 1 atom stereocenters. The molecule has 8 rings (SSSR count). The van der Waals surface area contributed by atoms with Gasteiger partial charge in [0.2, 0.25) is 5.91 Å². The number of amides is 1. The Balaban J connectivity index is 0. The number of piperidine rings is 1. The Labute approximate surface area is 657 Å². The maximum atomic E-state index is 12.0. The Morgan fingerprint density at radius 2 is 0.895 bits per heavy atom. The van der Waals surface area contributed by atoms with Gasteiger partial charge in [-0.1, -0.05) is 111 Å². The third kappa shape index (κ3) is 28.9. The van der Waals surface area contributed by atoms with Gasteiger partial charge in [-0.2, -0.15) is 5.10 Å². The number of nitrogens with one attached hydrogen (secondary N) is 2. The van der Waals surface area contributed by atoms with Gasteiger partial charge in [0.1, 0.15) is 5.69 Å². The van der Waals surface area contributed by atoms with Crippen LogP contribution in [0.1, 0.15) is 363 Å². The Bertz CT molecular complexity index is 3700. The summed E-state index contributed by atoms with van der Waals surface area (Å²) in [5.41, 5.74) is 7.61. The Kier molecular flexibility index (Phi) is 44.7. The van der Waals surface area contributed by atoms with Crippen molar-refractivity contribution in [1.82, 2.24) is 72.1 Å². The van der Waals surface area contributed by atoms with E-state index in [1.165, 1.54) is 11.1 Å². The van der Waals surface area contributed by atoms with E-state index in [1.807, 2.05) is 226 Å². The number of hydrogen-bond donors (Lipinski definition) is 2. The summed E-state index contributed by atoms with van der Waals surface area (Å²) in [6.07, 6.45) is 16.1. The smallest absolute Gasteiger partial charge is 0.272 e. The van der Waals surface area contributed by atoms with Gasteiger partial charge in [0.05, 0.1) is 12.4 Å². The Morgan fingerprint density at radius 3 is 1.21 bits per heavy atom. The van der Waals surface area contributed by atoms with Crippen molar-refractivity contribution in [2.24, 2.45) is 25.9 Å². The van der Waals surface area contributed by atoms with Gasteiger partial charge in [-0.25, -0.2) is 19.0 Å². The third-order valence-electron chi connectivity index (χ3n) is 17.9. The maximum Gasteiger partial charge on any atom is 0.272 e. The zero-order valence-corrected chi connectivity index (χ0v) is 76.9. The molecule has 0 aliphatic carbocycles. The van der Waals surface area contributed by atoms with Crippen LogP contribution < -0.4 is 38.9 Å². The summed E-state index contributed by atoms with van der Waals surface area (Å²) in [7, 11) is 3.86. The molecule has 0 aromatic carbocycles. The summed E-state index contributed by atoms with van der Waals surface area (Å²) < 4.78 is 15.6. The molecule has 8 heterocycles. The first kappa shape index (κ1) is 101. The molecule has 2 N–H and O–H groups in total. The largest absolute Gasteiger partial charge is 0.340 e. The van der Waals surface area contributed by atoms with Crippen molar-refractivity contribution in [3.05, 3.63) is 173 Å². The molecule has 25 heteroatoms.